The summed E-state index contributed by atoms with van der Waals surface area (Å²) in [5, 5.41) is 15.3. The van der Waals surface area contributed by atoms with Crippen LogP contribution >= 0.6 is 0 Å². The summed E-state index contributed by atoms with van der Waals surface area (Å²) < 4.78 is 5.61. The highest BCUT2D eigenvalue weighted by Crippen LogP contribution is 2.28. The van der Waals surface area contributed by atoms with Crippen LogP contribution in [0, 0.1) is 0 Å². The highest BCUT2D eigenvalue weighted by Gasteiger charge is 2.12. The lowest BCUT2D eigenvalue weighted by molar-refractivity contribution is 0.0690. The van der Waals surface area contributed by atoms with Gasteiger partial charge in [0.05, 0.1) is 12.3 Å². The molecule has 0 fully saturated rings. The van der Waals surface area contributed by atoms with Gasteiger partial charge in [0.2, 0.25) is 0 Å². The van der Waals surface area contributed by atoms with Crippen LogP contribution in [0.5, 0.6) is 5.75 Å². The first-order valence-electron chi connectivity index (χ1n) is 5.73. The standard InChI is InChI=1S/C13H14N2O3/c1-2-7-18-12-6-4-3-5-9(12)10-8-11(13(16)17)15-14-10/h3-6,8H,2,7H2,1H3,(H,14,15)(H,16,17). The molecule has 0 spiro atoms. The molecule has 0 saturated carbocycles. The van der Waals surface area contributed by atoms with Gasteiger partial charge >= 0.3 is 5.97 Å². The van der Waals surface area contributed by atoms with Gasteiger partial charge in [-0.25, -0.2) is 4.79 Å². The third-order valence-electron chi connectivity index (χ3n) is 2.43. The molecular formula is C13H14N2O3. The van der Waals surface area contributed by atoms with E-state index in [1.807, 2.05) is 31.2 Å². The summed E-state index contributed by atoms with van der Waals surface area (Å²) in [6.45, 7) is 2.65. The molecule has 1 heterocycles. The maximum atomic E-state index is 10.8. The van der Waals surface area contributed by atoms with Crippen molar-refractivity contribution in [1.29, 1.82) is 0 Å². The third kappa shape index (κ3) is 2.51. The largest absolute Gasteiger partial charge is 0.493 e. The maximum absolute atomic E-state index is 10.8. The fourth-order valence-corrected chi connectivity index (χ4v) is 1.59. The van der Waals surface area contributed by atoms with Crippen molar-refractivity contribution in [1.82, 2.24) is 10.2 Å². The van der Waals surface area contributed by atoms with Gasteiger partial charge < -0.3 is 9.84 Å². The summed E-state index contributed by atoms with van der Waals surface area (Å²) in [6.07, 6.45) is 0.912. The second kappa shape index (κ2) is 5.35. The smallest absolute Gasteiger partial charge is 0.353 e. The molecule has 0 aliphatic rings. The number of ether oxygens (including phenoxy) is 1. The number of hydrogen-bond donors (Lipinski definition) is 2. The van der Waals surface area contributed by atoms with E-state index in [4.69, 9.17) is 9.84 Å². The normalized spacial score (nSPS) is 10.3. The molecule has 0 saturated heterocycles. The molecule has 2 rings (SSSR count). The molecule has 18 heavy (non-hydrogen) atoms. The van der Waals surface area contributed by atoms with Crippen molar-refractivity contribution in [2.24, 2.45) is 0 Å². The van der Waals surface area contributed by atoms with E-state index in [-0.39, 0.29) is 5.69 Å². The second-order valence-corrected chi connectivity index (χ2v) is 3.82. The highest BCUT2D eigenvalue weighted by molar-refractivity contribution is 5.87. The lowest BCUT2D eigenvalue weighted by Gasteiger charge is -2.08. The number of benzene rings is 1. The Kier molecular flexibility index (Phi) is 3.62. The molecule has 0 amide bonds. The highest BCUT2D eigenvalue weighted by atomic mass is 16.5. The number of H-pyrrole nitrogens is 1. The maximum Gasteiger partial charge on any atom is 0.353 e. The number of hydrogen-bond acceptors (Lipinski definition) is 3. The Labute approximate surface area is 104 Å². The van der Waals surface area contributed by atoms with Gasteiger partial charge in [-0.05, 0) is 24.6 Å². The number of aromatic carboxylic acids is 1. The Hall–Kier alpha value is -2.30. The molecule has 0 aliphatic carbocycles. The van der Waals surface area contributed by atoms with Crippen LogP contribution in [-0.4, -0.2) is 27.9 Å². The van der Waals surface area contributed by atoms with E-state index in [2.05, 4.69) is 10.2 Å². The first kappa shape index (κ1) is 12.2. The van der Waals surface area contributed by atoms with E-state index < -0.39 is 5.97 Å². The number of carboxylic acid groups (broad SMARTS) is 1. The number of para-hydroxylation sites is 1. The van der Waals surface area contributed by atoms with Crippen molar-refractivity contribution in [2.75, 3.05) is 6.61 Å². The SMILES string of the molecule is CCCOc1ccccc1-c1cc(C(=O)O)[nH]n1. The molecule has 0 bridgehead atoms. The van der Waals surface area contributed by atoms with Gasteiger partial charge in [-0.3, -0.25) is 5.10 Å². The van der Waals surface area contributed by atoms with E-state index in [1.165, 1.54) is 6.07 Å². The molecule has 1 aromatic heterocycles. The van der Waals surface area contributed by atoms with E-state index in [1.54, 1.807) is 0 Å². The monoisotopic (exact) mass is 246 g/mol. The van der Waals surface area contributed by atoms with Crippen LogP contribution in [0.3, 0.4) is 0 Å². The van der Waals surface area contributed by atoms with Crippen LogP contribution in [-0.2, 0) is 0 Å². The summed E-state index contributed by atoms with van der Waals surface area (Å²) in [6, 6.07) is 8.94. The van der Waals surface area contributed by atoms with Crippen LogP contribution in [0.15, 0.2) is 30.3 Å². The molecule has 5 nitrogen and oxygen atoms in total. The molecule has 0 aliphatic heterocycles. The minimum absolute atomic E-state index is 0.0651. The van der Waals surface area contributed by atoms with Gasteiger partial charge in [-0.15, -0.1) is 0 Å². The molecule has 0 unspecified atom stereocenters. The molecular weight excluding hydrogens is 232 g/mol. The van der Waals surface area contributed by atoms with Crippen molar-refractivity contribution in [2.45, 2.75) is 13.3 Å². The first-order chi connectivity index (χ1) is 8.72. The van der Waals surface area contributed by atoms with Gasteiger partial charge in [0.1, 0.15) is 11.4 Å². The van der Waals surface area contributed by atoms with Crippen LogP contribution in [0.2, 0.25) is 0 Å². The second-order valence-electron chi connectivity index (χ2n) is 3.82. The van der Waals surface area contributed by atoms with Gasteiger partial charge in [-0.2, -0.15) is 5.10 Å². The summed E-state index contributed by atoms with van der Waals surface area (Å²) in [7, 11) is 0. The number of carboxylic acids is 1. The summed E-state index contributed by atoms with van der Waals surface area (Å²) >= 11 is 0. The topological polar surface area (TPSA) is 75.2 Å². The number of carbonyl (C=O) groups is 1. The average Bonchev–Trinajstić information content (AvgIpc) is 2.86. The minimum atomic E-state index is -1.03. The zero-order valence-electron chi connectivity index (χ0n) is 10.0. The van der Waals surface area contributed by atoms with Crippen LogP contribution in [0.1, 0.15) is 23.8 Å². The Morgan fingerprint density at radius 1 is 1.44 bits per heavy atom. The summed E-state index contributed by atoms with van der Waals surface area (Å²) in [5.74, 6) is -0.316. The van der Waals surface area contributed by atoms with Crippen molar-refractivity contribution >= 4 is 5.97 Å². The quantitative estimate of drug-likeness (QED) is 0.850. The van der Waals surface area contributed by atoms with E-state index >= 15 is 0 Å². The van der Waals surface area contributed by atoms with Crippen molar-refractivity contribution < 1.29 is 14.6 Å². The Balaban J connectivity index is 2.33. The van der Waals surface area contributed by atoms with Crippen molar-refractivity contribution in [3.63, 3.8) is 0 Å². The van der Waals surface area contributed by atoms with Crippen LogP contribution in [0.4, 0.5) is 0 Å². The summed E-state index contributed by atoms with van der Waals surface area (Å²) in [4.78, 5) is 10.8. The van der Waals surface area contributed by atoms with Crippen molar-refractivity contribution in [3.8, 4) is 17.0 Å². The molecule has 5 heteroatoms. The molecule has 0 atom stereocenters. The Morgan fingerprint density at radius 2 is 2.22 bits per heavy atom. The van der Waals surface area contributed by atoms with Crippen LogP contribution < -0.4 is 4.74 Å². The zero-order chi connectivity index (χ0) is 13.0. The number of rotatable bonds is 5. The molecule has 1 aromatic carbocycles. The molecule has 2 N–H and O–H groups in total. The molecule has 2 aromatic rings. The summed E-state index contributed by atoms with van der Waals surface area (Å²) in [5.41, 5.74) is 1.42. The number of nitrogens with zero attached hydrogens (tertiary/aromatic N) is 1. The first-order valence-corrected chi connectivity index (χ1v) is 5.73. The zero-order valence-corrected chi connectivity index (χ0v) is 10.0. The lowest BCUT2D eigenvalue weighted by Crippen LogP contribution is -1.96. The molecule has 94 valence electrons. The van der Waals surface area contributed by atoms with Gasteiger partial charge in [0, 0.05) is 5.56 Å². The predicted molar refractivity (Wildman–Crippen MR) is 66.8 cm³/mol. The fourth-order valence-electron chi connectivity index (χ4n) is 1.59. The predicted octanol–water partition coefficient (Wildman–Crippen LogP) is 2.56. The van der Waals surface area contributed by atoms with E-state index in [0.29, 0.717) is 18.1 Å². The van der Waals surface area contributed by atoms with E-state index in [0.717, 1.165) is 12.0 Å². The Bertz CT molecular complexity index is 549. The van der Waals surface area contributed by atoms with Crippen molar-refractivity contribution in [3.05, 3.63) is 36.0 Å². The van der Waals surface area contributed by atoms with Crippen LogP contribution in [0.25, 0.3) is 11.3 Å². The fraction of sp³-hybridized carbons (Fsp3) is 0.231. The number of aromatic nitrogens is 2. The van der Waals surface area contributed by atoms with E-state index in [9.17, 15) is 4.79 Å². The number of aromatic amines is 1. The average molecular weight is 246 g/mol. The molecule has 0 radical (unpaired) electrons. The number of nitrogens with one attached hydrogen (secondary N) is 1. The Morgan fingerprint density at radius 3 is 2.89 bits per heavy atom. The third-order valence-corrected chi connectivity index (χ3v) is 2.43. The van der Waals surface area contributed by atoms with Gasteiger partial charge in [-0.1, -0.05) is 19.1 Å². The minimum Gasteiger partial charge on any atom is -0.493 e. The van der Waals surface area contributed by atoms with Gasteiger partial charge in [0.25, 0.3) is 0 Å². The lowest BCUT2D eigenvalue weighted by atomic mass is 10.1. The van der Waals surface area contributed by atoms with Gasteiger partial charge in [0.15, 0.2) is 0 Å².